The van der Waals surface area contributed by atoms with E-state index in [2.05, 4.69) is 32.1 Å². The Morgan fingerprint density at radius 1 is 1.32 bits per heavy atom. The number of allylic oxidation sites excluding steroid dienone is 1. The summed E-state index contributed by atoms with van der Waals surface area (Å²) in [4.78, 5) is 19.8. The Morgan fingerprint density at radius 3 is 2.89 bits per heavy atom. The summed E-state index contributed by atoms with van der Waals surface area (Å²) in [5.74, 6) is 0. The molecular formula is C20H19N7O. The third kappa shape index (κ3) is 3.16. The number of hydrogen-bond donors (Lipinski definition) is 1. The first-order valence-electron chi connectivity index (χ1n) is 8.77. The molecule has 28 heavy (non-hydrogen) atoms. The zero-order valence-electron chi connectivity index (χ0n) is 15.6. The quantitative estimate of drug-likeness (QED) is 0.544. The molecule has 3 heterocycles. The van der Waals surface area contributed by atoms with Crippen LogP contribution in [-0.4, -0.2) is 36.5 Å². The number of benzene rings is 1. The van der Waals surface area contributed by atoms with Crippen molar-refractivity contribution < 1.29 is 0 Å². The predicted molar refractivity (Wildman–Crippen MR) is 110 cm³/mol. The molecule has 1 N–H and O–H groups in total. The molecule has 0 fully saturated rings. The van der Waals surface area contributed by atoms with Crippen molar-refractivity contribution in [2.24, 2.45) is 12.0 Å². The zero-order valence-corrected chi connectivity index (χ0v) is 15.6. The Kier molecular flexibility index (Phi) is 4.44. The van der Waals surface area contributed by atoms with Gasteiger partial charge in [0.05, 0.1) is 24.1 Å². The van der Waals surface area contributed by atoms with Crippen LogP contribution in [0.2, 0.25) is 0 Å². The van der Waals surface area contributed by atoms with E-state index in [1.807, 2.05) is 50.5 Å². The number of aromatic amines is 1. The molecule has 0 amide bonds. The van der Waals surface area contributed by atoms with E-state index >= 15 is 0 Å². The van der Waals surface area contributed by atoms with Crippen molar-refractivity contribution in [2.75, 3.05) is 0 Å². The number of hydrogen-bond acceptors (Lipinski definition) is 5. The Morgan fingerprint density at radius 2 is 2.18 bits per heavy atom. The number of fused-ring (bicyclic) bond motifs is 1. The Labute approximate surface area is 160 Å². The van der Waals surface area contributed by atoms with Crippen molar-refractivity contribution >= 4 is 29.6 Å². The number of rotatable bonds is 5. The van der Waals surface area contributed by atoms with Crippen molar-refractivity contribution in [3.63, 3.8) is 0 Å². The second-order valence-corrected chi connectivity index (χ2v) is 6.45. The Hall–Kier alpha value is -3.81. The molecule has 0 aliphatic carbocycles. The van der Waals surface area contributed by atoms with Gasteiger partial charge in [-0.1, -0.05) is 23.4 Å². The molecule has 0 aliphatic rings. The van der Waals surface area contributed by atoms with Gasteiger partial charge < -0.3 is 4.98 Å². The molecule has 0 saturated carbocycles. The highest BCUT2D eigenvalue weighted by Gasteiger charge is 2.13. The highest BCUT2D eigenvalue weighted by atomic mass is 16.1. The molecule has 0 bridgehead atoms. The van der Waals surface area contributed by atoms with Crippen molar-refractivity contribution in [1.82, 2.24) is 29.8 Å². The highest BCUT2D eigenvalue weighted by molar-refractivity contribution is 5.74. The summed E-state index contributed by atoms with van der Waals surface area (Å²) in [5.41, 5.74) is 5.01. The average Bonchev–Trinajstić information content (AvgIpc) is 3.29. The van der Waals surface area contributed by atoms with E-state index in [1.165, 1.54) is 6.07 Å². The first kappa shape index (κ1) is 17.6. The van der Waals surface area contributed by atoms with E-state index in [0.717, 1.165) is 22.4 Å². The van der Waals surface area contributed by atoms with Gasteiger partial charge in [0.15, 0.2) is 11.2 Å². The lowest BCUT2D eigenvalue weighted by molar-refractivity contribution is 0.664. The number of aliphatic imine (C=N–C) groups is 1. The molecule has 0 saturated heterocycles. The first-order chi connectivity index (χ1) is 13.6. The topological polar surface area (TPSA) is 93.8 Å². The van der Waals surface area contributed by atoms with Gasteiger partial charge in [0, 0.05) is 30.4 Å². The van der Waals surface area contributed by atoms with Gasteiger partial charge in [-0.25, -0.2) is 4.68 Å². The minimum Gasteiger partial charge on any atom is -0.338 e. The molecule has 8 nitrogen and oxygen atoms in total. The van der Waals surface area contributed by atoms with E-state index in [9.17, 15) is 4.79 Å². The minimum atomic E-state index is -0.181. The summed E-state index contributed by atoms with van der Waals surface area (Å²) in [6.45, 7) is 6.03. The predicted octanol–water partition coefficient (Wildman–Crippen LogP) is 2.93. The van der Waals surface area contributed by atoms with Gasteiger partial charge in [0.25, 0.3) is 0 Å². The largest absolute Gasteiger partial charge is 0.338 e. The van der Waals surface area contributed by atoms with Crippen LogP contribution < -0.4 is 5.43 Å². The maximum absolute atomic E-state index is 12.5. The normalized spacial score (nSPS) is 11.5. The van der Waals surface area contributed by atoms with Gasteiger partial charge in [-0.05, 0) is 31.3 Å². The monoisotopic (exact) mass is 373 g/mol. The van der Waals surface area contributed by atoms with Crippen molar-refractivity contribution in [3.05, 3.63) is 64.1 Å². The summed E-state index contributed by atoms with van der Waals surface area (Å²) in [6.07, 6.45) is 7.48. The van der Waals surface area contributed by atoms with E-state index < -0.39 is 0 Å². The van der Waals surface area contributed by atoms with Crippen LogP contribution in [0.1, 0.15) is 18.1 Å². The van der Waals surface area contributed by atoms with Gasteiger partial charge in [-0.15, -0.1) is 5.10 Å². The molecule has 0 aliphatic heterocycles. The van der Waals surface area contributed by atoms with E-state index in [-0.39, 0.29) is 5.43 Å². The van der Waals surface area contributed by atoms with Crippen LogP contribution in [-0.2, 0) is 13.6 Å². The summed E-state index contributed by atoms with van der Waals surface area (Å²) in [5, 5.41) is 12.4. The molecule has 0 atom stereocenters. The number of nitrogens with zero attached hydrogens (tertiary/aromatic N) is 6. The fourth-order valence-corrected chi connectivity index (χ4v) is 3.12. The van der Waals surface area contributed by atoms with Gasteiger partial charge in [-0.2, -0.15) is 5.10 Å². The van der Waals surface area contributed by atoms with Crippen LogP contribution in [0.5, 0.6) is 0 Å². The molecule has 140 valence electrons. The standard InChI is InChI=1S/C20H19N7O/c1-4-5-14-8-13(6-7-16(14)21-2)11-27-20-19(24-25-27)18(28)9-17(23-20)15-10-22-26(3)12-15/h4-10,12H,2,11H2,1,3H3,(H,23,28). The van der Waals surface area contributed by atoms with Crippen LogP contribution in [0.4, 0.5) is 5.69 Å². The van der Waals surface area contributed by atoms with Gasteiger partial charge in [0.1, 0.15) is 0 Å². The number of pyridine rings is 1. The van der Waals surface area contributed by atoms with Crippen LogP contribution in [0.15, 0.2) is 52.5 Å². The Bertz CT molecular complexity index is 1260. The molecule has 3 aromatic heterocycles. The second-order valence-electron chi connectivity index (χ2n) is 6.45. The summed E-state index contributed by atoms with van der Waals surface area (Å²) in [6, 6.07) is 7.43. The lowest BCUT2D eigenvalue weighted by atomic mass is 10.1. The van der Waals surface area contributed by atoms with Gasteiger partial charge in [-0.3, -0.25) is 14.5 Å². The fraction of sp³-hybridized carbons (Fsp3) is 0.150. The van der Waals surface area contributed by atoms with Crippen LogP contribution in [0, 0.1) is 0 Å². The number of nitrogens with one attached hydrogen (secondary N) is 1. The molecule has 1 aromatic carbocycles. The van der Waals surface area contributed by atoms with Crippen LogP contribution in [0.25, 0.3) is 28.5 Å². The maximum atomic E-state index is 12.5. The molecule has 0 radical (unpaired) electrons. The summed E-state index contributed by atoms with van der Waals surface area (Å²) < 4.78 is 3.37. The van der Waals surface area contributed by atoms with Crippen LogP contribution >= 0.6 is 0 Å². The van der Waals surface area contributed by atoms with Crippen molar-refractivity contribution in [1.29, 1.82) is 0 Å². The Balaban J connectivity index is 1.77. The number of H-pyrrole nitrogens is 1. The first-order valence-corrected chi connectivity index (χ1v) is 8.77. The minimum absolute atomic E-state index is 0.181. The van der Waals surface area contributed by atoms with Gasteiger partial charge in [0.2, 0.25) is 5.43 Å². The smallest absolute Gasteiger partial charge is 0.212 e. The molecule has 0 spiro atoms. The average molecular weight is 373 g/mol. The lowest BCUT2D eigenvalue weighted by Gasteiger charge is -2.07. The van der Waals surface area contributed by atoms with Crippen LogP contribution in [0.3, 0.4) is 0 Å². The molecule has 4 aromatic rings. The number of aryl methyl sites for hydroxylation is 1. The lowest BCUT2D eigenvalue weighted by Crippen LogP contribution is -2.06. The third-order valence-corrected chi connectivity index (χ3v) is 4.45. The second kappa shape index (κ2) is 7.07. The van der Waals surface area contributed by atoms with Crippen molar-refractivity contribution in [3.8, 4) is 11.3 Å². The molecule has 4 rings (SSSR count). The van der Waals surface area contributed by atoms with Gasteiger partial charge >= 0.3 is 0 Å². The van der Waals surface area contributed by atoms with Crippen molar-refractivity contribution in [2.45, 2.75) is 13.5 Å². The molecular weight excluding hydrogens is 354 g/mol. The molecule has 0 unspecified atom stereocenters. The third-order valence-electron chi connectivity index (χ3n) is 4.45. The summed E-state index contributed by atoms with van der Waals surface area (Å²) in [7, 11) is 1.83. The fourth-order valence-electron chi connectivity index (χ4n) is 3.12. The van der Waals surface area contributed by atoms with E-state index in [4.69, 9.17) is 0 Å². The molecule has 8 heteroatoms. The zero-order chi connectivity index (χ0) is 19.7. The summed E-state index contributed by atoms with van der Waals surface area (Å²) >= 11 is 0. The maximum Gasteiger partial charge on any atom is 0.212 e. The van der Waals surface area contributed by atoms with E-state index in [0.29, 0.717) is 23.4 Å². The number of aromatic nitrogens is 6. The SMILES string of the molecule is C=Nc1ccc(Cn2nnc3c(=O)cc(-c4cnn(C)c4)[nH]c32)cc1C=CC. The van der Waals surface area contributed by atoms with E-state index in [1.54, 1.807) is 15.6 Å². The highest BCUT2D eigenvalue weighted by Crippen LogP contribution is 2.23.